The van der Waals surface area contributed by atoms with Crippen molar-refractivity contribution >= 4 is 27.5 Å². The van der Waals surface area contributed by atoms with Gasteiger partial charge in [-0.1, -0.05) is 23.7 Å². The van der Waals surface area contributed by atoms with Gasteiger partial charge in [-0.05, 0) is 35.9 Å². The fraction of sp³-hybridized carbons (Fsp3) is 0.0667. The van der Waals surface area contributed by atoms with E-state index in [0.717, 1.165) is 18.2 Å². The Bertz CT molecular complexity index is 933. The topological polar surface area (TPSA) is 70.8 Å². The van der Waals surface area contributed by atoms with Gasteiger partial charge in [-0.15, -0.1) is 0 Å². The zero-order chi connectivity index (χ0) is 18.0. The molecule has 2 aromatic rings. The number of alkyl halides is 3. The number of nitriles is 1. The second-order valence-corrected chi connectivity index (χ2v) is 6.80. The molecule has 0 amide bonds. The summed E-state index contributed by atoms with van der Waals surface area (Å²) in [5.74, 6) is 0. The summed E-state index contributed by atoms with van der Waals surface area (Å²) < 4.78 is 62.5. The van der Waals surface area contributed by atoms with E-state index >= 15 is 0 Å². The Balaban J connectivity index is 2.51. The molecule has 1 aromatic heterocycles. The number of aromatic nitrogens is 1. The molecule has 9 heteroatoms. The average Bonchev–Trinajstić information content (AvgIpc) is 2.53. The van der Waals surface area contributed by atoms with Crippen LogP contribution in [0.5, 0.6) is 0 Å². The second kappa shape index (κ2) is 6.63. The first-order valence-corrected chi connectivity index (χ1v) is 8.17. The molecule has 4 nitrogen and oxygen atoms in total. The summed E-state index contributed by atoms with van der Waals surface area (Å²) in [5.41, 5.74) is -1.00. The molecule has 0 saturated heterocycles. The van der Waals surface area contributed by atoms with Crippen molar-refractivity contribution in [2.45, 2.75) is 11.2 Å². The first-order valence-electron chi connectivity index (χ1n) is 6.31. The van der Waals surface area contributed by atoms with Crippen LogP contribution in [0.25, 0.3) is 6.08 Å². The lowest BCUT2D eigenvalue weighted by Gasteiger charge is -2.08. The molecule has 0 fully saturated rings. The molecular formula is C15H8ClF3N2O2S. The number of nitrogens with zero attached hydrogens (tertiary/aromatic N) is 2. The summed E-state index contributed by atoms with van der Waals surface area (Å²) in [4.78, 5) is 2.99. The van der Waals surface area contributed by atoms with E-state index < -0.39 is 26.5 Å². The monoisotopic (exact) mass is 372 g/mol. The lowest BCUT2D eigenvalue weighted by molar-refractivity contribution is -0.137. The number of hydrogen-bond donors (Lipinski definition) is 0. The van der Waals surface area contributed by atoms with Gasteiger partial charge in [0.05, 0.1) is 5.56 Å². The molecule has 0 spiro atoms. The molecule has 0 atom stereocenters. The van der Waals surface area contributed by atoms with E-state index in [-0.39, 0.29) is 15.6 Å². The van der Waals surface area contributed by atoms with Crippen molar-refractivity contribution in [3.8, 4) is 6.07 Å². The molecule has 0 radical (unpaired) electrons. The van der Waals surface area contributed by atoms with Gasteiger partial charge in [0.1, 0.15) is 6.07 Å². The van der Waals surface area contributed by atoms with E-state index in [4.69, 9.17) is 16.9 Å². The van der Waals surface area contributed by atoms with Crippen LogP contribution in [0.2, 0.25) is 5.02 Å². The third kappa shape index (κ3) is 3.75. The fourth-order valence-corrected chi connectivity index (χ4v) is 3.07. The molecule has 0 bridgehead atoms. The van der Waals surface area contributed by atoms with Crippen molar-refractivity contribution in [1.82, 2.24) is 4.98 Å². The molecule has 24 heavy (non-hydrogen) atoms. The SMILES string of the molecule is N#CC(=Cc1ccc(C(F)(F)F)cc1Cl)S(=O)(=O)c1ccccn1. The first kappa shape index (κ1) is 18.0. The summed E-state index contributed by atoms with van der Waals surface area (Å²) >= 11 is 5.77. The van der Waals surface area contributed by atoms with Crippen LogP contribution in [0.4, 0.5) is 13.2 Å². The standard InChI is InChI=1S/C15H8ClF3N2O2S/c16-13-8-11(15(17,18)19)5-4-10(13)7-12(9-20)24(22,23)14-3-1-2-6-21-14/h1-8H. The summed E-state index contributed by atoms with van der Waals surface area (Å²) in [6, 6.07) is 8.06. The van der Waals surface area contributed by atoms with Crippen molar-refractivity contribution < 1.29 is 21.6 Å². The highest BCUT2D eigenvalue weighted by molar-refractivity contribution is 7.95. The minimum atomic E-state index is -4.58. The van der Waals surface area contributed by atoms with Crippen molar-refractivity contribution in [2.75, 3.05) is 0 Å². The zero-order valence-electron chi connectivity index (χ0n) is 11.7. The maximum absolute atomic E-state index is 12.6. The zero-order valence-corrected chi connectivity index (χ0v) is 13.3. The third-order valence-electron chi connectivity index (χ3n) is 2.93. The smallest absolute Gasteiger partial charge is 0.244 e. The highest BCUT2D eigenvalue weighted by Gasteiger charge is 2.31. The maximum Gasteiger partial charge on any atom is 0.416 e. The van der Waals surface area contributed by atoms with Gasteiger partial charge in [-0.2, -0.15) is 18.4 Å². The van der Waals surface area contributed by atoms with Crippen LogP contribution in [0.3, 0.4) is 0 Å². The van der Waals surface area contributed by atoms with Crippen molar-refractivity contribution in [2.24, 2.45) is 0 Å². The van der Waals surface area contributed by atoms with Gasteiger partial charge in [-0.25, -0.2) is 13.4 Å². The van der Waals surface area contributed by atoms with E-state index in [1.165, 1.54) is 30.5 Å². The summed E-state index contributed by atoms with van der Waals surface area (Å²) in [6.45, 7) is 0. The number of pyridine rings is 1. The molecule has 0 saturated carbocycles. The number of allylic oxidation sites excluding steroid dienone is 1. The highest BCUT2D eigenvalue weighted by Crippen LogP contribution is 2.33. The lowest BCUT2D eigenvalue weighted by Crippen LogP contribution is -2.06. The van der Waals surface area contributed by atoms with Crippen molar-refractivity contribution in [3.63, 3.8) is 0 Å². The number of halogens is 4. The van der Waals surface area contributed by atoms with Crippen LogP contribution in [0.1, 0.15) is 11.1 Å². The normalized spacial score (nSPS) is 12.7. The number of benzene rings is 1. The number of rotatable bonds is 3. The first-order chi connectivity index (χ1) is 11.2. The predicted molar refractivity (Wildman–Crippen MR) is 81.5 cm³/mol. The van der Waals surface area contributed by atoms with E-state index in [1.807, 2.05) is 0 Å². The summed E-state index contributed by atoms with van der Waals surface area (Å²) in [7, 11) is -4.20. The highest BCUT2D eigenvalue weighted by atomic mass is 35.5. The van der Waals surface area contributed by atoms with Crippen LogP contribution in [-0.2, 0) is 16.0 Å². The average molecular weight is 373 g/mol. The van der Waals surface area contributed by atoms with Crippen LogP contribution < -0.4 is 0 Å². The molecular weight excluding hydrogens is 365 g/mol. The van der Waals surface area contributed by atoms with Gasteiger partial charge in [-0.3, -0.25) is 0 Å². The number of hydrogen-bond acceptors (Lipinski definition) is 4. The van der Waals surface area contributed by atoms with Gasteiger partial charge < -0.3 is 0 Å². The van der Waals surface area contributed by atoms with Gasteiger partial charge in [0, 0.05) is 11.2 Å². The Hall–Kier alpha value is -2.37. The van der Waals surface area contributed by atoms with Crippen molar-refractivity contribution in [3.05, 3.63) is 63.6 Å². The molecule has 0 aliphatic carbocycles. The molecule has 2 rings (SSSR count). The van der Waals surface area contributed by atoms with Gasteiger partial charge >= 0.3 is 6.18 Å². The summed E-state index contributed by atoms with van der Waals surface area (Å²) in [5, 5.41) is 8.44. The molecule has 0 unspecified atom stereocenters. The molecule has 0 N–H and O–H groups in total. The van der Waals surface area contributed by atoms with Crippen LogP contribution in [0.15, 0.2) is 52.5 Å². The predicted octanol–water partition coefficient (Wildman–Crippen LogP) is 4.09. The fourth-order valence-electron chi connectivity index (χ4n) is 1.75. The Kier molecular flexibility index (Phi) is 4.96. The van der Waals surface area contributed by atoms with Crippen LogP contribution in [0, 0.1) is 11.3 Å². The van der Waals surface area contributed by atoms with Crippen LogP contribution >= 0.6 is 11.6 Å². The minimum absolute atomic E-state index is 0.0271. The summed E-state index contributed by atoms with van der Waals surface area (Å²) in [6.07, 6.45) is -2.43. The lowest BCUT2D eigenvalue weighted by atomic mass is 10.1. The van der Waals surface area contributed by atoms with Crippen LogP contribution in [-0.4, -0.2) is 13.4 Å². The van der Waals surface area contributed by atoms with Gasteiger partial charge in [0.25, 0.3) is 0 Å². The van der Waals surface area contributed by atoms with E-state index in [2.05, 4.69) is 4.98 Å². The molecule has 0 aliphatic heterocycles. The minimum Gasteiger partial charge on any atom is -0.244 e. The third-order valence-corrected chi connectivity index (χ3v) is 4.83. The Labute approximate surface area is 140 Å². The Morgan fingerprint density at radius 2 is 1.96 bits per heavy atom. The maximum atomic E-state index is 12.6. The van der Waals surface area contributed by atoms with Gasteiger partial charge in [0.2, 0.25) is 9.84 Å². The molecule has 124 valence electrons. The number of sulfone groups is 1. The molecule has 1 aromatic carbocycles. The van der Waals surface area contributed by atoms with E-state index in [9.17, 15) is 21.6 Å². The van der Waals surface area contributed by atoms with E-state index in [0.29, 0.717) is 6.07 Å². The quantitative estimate of drug-likeness (QED) is 0.761. The van der Waals surface area contributed by atoms with Crippen molar-refractivity contribution in [1.29, 1.82) is 5.26 Å². The van der Waals surface area contributed by atoms with E-state index in [1.54, 1.807) is 0 Å². The second-order valence-electron chi connectivity index (χ2n) is 4.53. The molecule has 0 aliphatic rings. The Morgan fingerprint density at radius 3 is 2.46 bits per heavy atom. The largest absolute Gasteiger partial charge is 0.416 e. The Morgan fingerprint density at radius 1 is 1.25 bits per heavy atom. The van der Waals surface area contributed by atoms with Gasteiger partial charge in [0.15, 0.2) is 9.93 Å². The molecule has 1 heterocycles.